The van der Waals surface area contributed by atoms with Gasteiger partial charge in [-0.3, -0.25) is 0 Å². The van der Waals surface area contributed by atoms with Crippen LogP contribution in [-0.2, 0) is 12.0 Å². The zero-order valence-corrected chi connectivity index (χ0v) is 5.55. The molecule has 1 rings (SSSR count). The molecule has 1 aliphatic carbocycles. The van der Waals surface area contributed by atoms with Crippen LogP contribution in [0.25, 0.3) is 0 Å². The highest BCUT2D eigenvalue weighted by atomic mass is 32.2. The molecule has 0 saturated carbocycles. The number of aliphatic hydroxyl groups is 1. The Morgan fingerprint density at radius 1 is 1.67 bits per heavy atom. The van der Waals surface area contributed by atoms with Crippen LogP contribution in [0, 0.1) is 0 Å². The van der Waals surface area contributed by atoms with E-state index in [1.54, 1.807) is 12.2 Å². The number of hydrogen-bond acceptors (Lipinski definition) is 2. The maximum absolute atomic E-state index is 8.82. The van der Waals surface area contributed by atoms with Crippen molar-refractivity contribution in [3.63, 3.8) is 0 Å². The minimum atomic E-state index is -0.532. The largest absolute Gasteiger partial charge is 0.384 e. The summed E-state index contributed by atoms with van der Waals surface area (Å²) in [6, 6.07) is 0. The molecule has 0 saturated heterocycles. The van der Waals surface area contributed by atoms with E-state index in [2.05, 4.69) is 5.73 Å². The van der Waals surface area contributed by atoms with Crippen LogP contribution in [0.3, 0.4) is 0 Å². The van der Waals surface area contributed by atoms with E-state index in [-0.39, 0.29) is 12.0 Å². The predicted octanol–water partition coefficient (Wildman–Crippen LogP) is 0.244. The second-order valence-electron chi connectivity index (χ2n) is 1.65. The summed E-state index contributed by atoms with van der Waals surface area (Å²) in [7, 11) is 0. The lowest BCUT2D eigenvalue weighted by Gasteiger charge is -1.95. The molecule has 3 heteroatoms. The number of thiol groups is 1. The Labute approximate surface area is 57.4 Å². The van der Waals surface area contributed by atoms with Crippen LogP contribution in [0.1, 0.15) is 0 Å². The number of hydrogen-bond donors (Lipinski definition) is 2. The molecule has 9 heavy (non-hydrogen) atoms. The Morgan fingerprint density at radius 3 is 2.89 bits per heavy atom. The van der Waals surface area contributed by atoms with Crippen LogP contribution in [0.2, 0.25) is 0 Å². The standard InChI is InChI=1S/C6H6O2S/c7-5-1-3-6(9-8)4-2-5/h1-3,5,7-8H/p+1. The average molecular weight is 143 g/mol. The fraction of sp³-hybridized carbons (Fsp3) is 0.167. The van der Waals surface area contributed by atoms with Crippen LogP contribution in [-0.4, -0.2) is 15.8 Å². The zero-order chi connectivity index (χ0) is 6.69. The van der Waals surface area contributed by atoms with Crippen molar-refractivity contribution in [2.24, 2.45) is 0 Å². The van der Waals surface area contributed by atoms with E-state index in [1.807, 2.05) is 0 Å². The minimum absolute atomic E-state index is 0.199. The molecule has 0 radical (unpaired) electrons. The summed E-state index contributed by atoms with van der Waals surface area (Å²) < 4.78 is 8.50. The van der Waals surface area contributed by atoms with Gasteiger partial charge in [0, 0.05) is 6.08 Å². The summed E-state index contributed by atoms with van der Waals surface area (Å²) in [5.41, 5.74) is 2.71. The summed E-state index contributed by atoms with van der Waals surface area (Å²) in [5, 5.41) is 8.82. The third kappa shape index (κ3) is 1.73. The molecule has 0 aliphatic heterocycles. The van der Waals surface area contributed by atoms with E-state index in [0.717, 1.165) is 0 Å². The third-order valence-corrected chi connectivity index (χ3v) is 1.45. The summed E-state index contributed by atoms with van der Waals surface area (Å²) >= 11 is 0.199. The van der Waals surface area contributed by atoms with Gasteiger partial charge in [-0.15, -0.1) is 0 Å². The smallest absolute Gasteiger partial charge is 0.229 e. The van der Waals surface area contributed by atoms with E-state index in [9.17, 15) is 0 Å². The van der Waals surface area contributed by atoms with Gasteiger partial charge in [-0.2, -0.15) is 4.55 Å². The first-order chi connectivity index (χ1) is 4.33. The highest BCUT2D eigenvalue weighted by molar-refractivity contribution is 7.77. The molecule has 48 valence electrons. The highest BCUT2D eigenvalue weighted by Crippen LogP contribution is 2.03. The lowest BCUT2D eigenvalue weighted by Crippen LogP contribution is -1.98. The molecule has 0 amide bonds. The molecule has 0 bridgehead atoms. The van der Waals surface area contributed by atoms with E-state index < -0.39 is 6.10 Å². The van der Waals surface area contributed by atoms with Crippen molar-refractivity contribution in [1.29, 1.82) is 0 Å². The Morgan fingerprint density at radius 2 is 2.44 bits per heavy atom. The van der Waals surface area contributed by atoms with Crippen molar-refractivity contribution in [3.05, 3.63) is 28.9 Å². The van der Waals surface area contributed by atoms with Crippen LogP contribution in [0.15, 0.2) is 28.9 Å². The van der Waals surface area contributed by atoms with Crippen LogP contribution in [0.5, 0.6) is 0 Å². The van der Waals surface area contributed by atoms with Gasteiger partial charge < -0.3 is 5.11 Å². The number of aliphatic hydroxyl groups excluding tert-OH is 1. The van der Waals surface area contributed by atoms with Crippen LogP contribution in [0.4, 0.5) is 0 Å². The maximum atomic E-state index is 8.82. The molecule has 1 aliphatic rings. The monoisotopic (exact) mass is 143 g/mol. The zero-order valence-electron chi connectivity index (χ0n) is 4.65. The third-order valence-electron chi connectivity index (χ3n) is 0.961. The number of rotatable bonds is 1. The Balaban J connectivity index is 2.77. The molecule has 0 aromatic carbocycles. The van der Waals surface area contributed by atoms with Gasteiger partial charge >= 0.3 is 0 Å². The van der Waals surface area contributed by atoms with E-state index in [4.69, 9.17) is 9.66 Å². The molecule has 2 N–H and O–H groups in total. The molecule has 0 heterocycles. The molecule has 0 aromatic rings. The minimum Gasteiger partial charge on any atom is -0.384 e. The fourth-order valence-electron chi connectivity index (χ4n) is 0.526. The van der Waals surface area contributed by atoms with Crippen LogP contribution < -0.4 is 0 Å². The highest BCUT2D eigenvalue weighted by Gasteiger charge is 2.03. The normalized spacial score (nSPS) is 24.2. The molecular weight excluding hydrogens is 136 g/mol. The van der Waals surface area contributed by atoms with Gasteiger partial charge in [0.1, 0.15) is 0 Å². The van der Waals surface area contributed by atoms with E-state index in [0.29, 0.717) is 4.91 Å². The van der Waals surface area contributed by atoms with Gasteiger partial charge in [0.25, 0.3) is 0 Å². The van der Waals surface area contributed by atoms with Crippen molar-refractivity contribution < 1.29 is 9.66 Å². The first-order valence-corrected chi connectivity index (χ1v) is 3.36. The van der Waals surface area contributed by atoms with E-state index in [1.165, 1.54) is 6.08 Å². The van der Waals surface area contributed by atoms with Crippen molar-refractivity contribution in [1.82, 2.24) is 0 Å². The first-order valence-electron chi connectivity index (χ1n) is 2.51. The molecule has 1 unspecified atom stereocenters. The van der Waals surface area contributed by atoms with Gasteiger partial charge in [-0.25, -0.2) is 0 Å². The topological polar surface area (TPSA) is 40.5 Å². The second-order valence-corrected chi connectivity index (χ2v) is 2.33. The summed E-state index contributed by atoms with van der Waals surface area (Å²) in [6.07, 6.45) is 4.20. The van der Waals surface area contributed by atoms with Crippen LogP contribution >= 0.6 is 0 Å². The molecular formula is C6H7O2S+. The lowest BCUT2D eigenvalue weighted by molar-refractivity contribution is 0.271. The fourth-order valence-corrected chi connectivity index (χ4v) is 0.811. The predicted molar refractivity (Wildman–Crippen MR) is 38.1 cm³/mol. The average Bonchev–Trinajstić information content (AvgIpc) is 1.90. The Kier molecular flexibility index (Phi) is 2.14. The first kappa shape index (κ1) is 6.65. The van der Waals surface area contributed by atoms with Gasteiger partial charge in [0.05, 0.1) is 6.10 Å². The maximum Gasteiger partial charge on any atom is 0.229 e. The quantitative estimate of drug-likeness (QED) is 0.314. The molecule has 0 fully saturated rings. The van der Waals surface area contributed by atoms with Crippen molar-refractivity contribution in [2.45, 2.75) is 6.10 Å². The summed E-state index contributed by atoms with van der Waals surface area (Å²) in [6.45, 7) is 0. The molecule has 1 atom stereocenters. The molecule has 0 spiro atoms. The SMILES string of the molecule is O[SH+]C1=C=CC(O)C=C1. The summed E-state index contributed by atoms with van der Waals surface area (Å²) in [4.78, 5) is 0.681. The molecule has 2 nitrogen and oxygen atoms in total. The summed E-state index contributed by atoms with van der Waals surface area (Å²) in [5.74, 6) is 0. The van der Waals surface area contributed by atoms with Gasteiger partial charge in [0.15, 0.2) is 12.0 Å². The van der Waals surface area contributed by atoms with Gasteiger partial charge in [-0.1, -0.05) is 5.73 Å². The van der Waals surface area contributed by atoms with Gasteiger partial charge in [-0.05, 0) is 12.2 Å². The second kappa shape index (κ2) is 2.90. The lowest BCUT2D eigenvalue weighted by atomic mass is 10.2. The molecule has 0 aromatic heterocycles. The van der Waals surface area contributed by atoms with Crippen molar-refractivity contribution in [3.8, 4) is 0 Å². The Hall–Kier alpha value is -0.470. The Bertz CT molecular complexity index is 189. The van der Waals surface area contributed by atoms with Crippen molar-refractivity contribution in [2.75, 3.05) is 0 Å². The van der Waals surface area contributed by atoms with E-state index >= 15 is 0 Å². The van der Waals surface area contributed by atoms with Crippen molar-refractivity contribution >= 4 is 12.0 Å². The van der Waals surface area contributed by atoms with Gasteiger partial charge in [0.2, 0.25) is 4.91 Å².